The largest absolute Gasteiger partial charge is 0.458 e. The molecule has 1 atom stereocenters. The average Bonchev–Trinajstić information content (AvgIpc) is 2.87. The van der Waals surface area contributed by atoms with Gasteiger partial charge in [-0.15, -0.1) is 0 Å². The number of aromatic nitrogens is 3. The van der Waals surface area contributed by atoms with Crippen molar-refractivity contribution in [2.24, 2.45) is 10.7 Å². The van der Waals surface area contributed by atoms with E-state index in [2.05, 4.69) is 19.8 Å². The molecule has 0 aromatic carbocycles. The van der Waals surface area contributed by atoms with Gasteiger partial charge in [-0.05, 0) is 30.7 Å². The predicted molar refractivity (Wildman–Crippen MR) is 135 cm³/mol. The Morgan fingerprint density at radius 1 is 1.11 bits per heavy atom. The highest BCUT2D eigenvalue weighted by atomic mass is 32.2. The summed E-state index contributed by atoms with van der Waals surface area (Å²) in [6, 6.07) is 4.42. The maximum Gasteiger partial charge on any atom is 0.282 e. The van der Waals surface area contributed by atoms with Crippen molar-refractivity contribution in [3.8, 4) is 0 Å². The van der Waals surface area contributed by atoms with Crippen molar-refractivity contribution in [1.82, 2.24) is 24.2 Å². The van der Waals surface area contributed by atoms with Crippen molar-refractivity contribution in [2.75, 3.05) is 57.0 Å². The first-order chi connectivity index (χ1) is 16.8. The summed E-state index contributed by atoms with van der Waals surface area (Å²) in [5.74, 6) is 0.798. The van der Waals surface area contributed by atoms with Crippen LogP contribution in [0.3, 0.4) is 0 Å². The van der Waals surface area contributed by atoms with Crippen molar-refractivity contribution in [1.29, 1.82) is 0 Å². The highest BCUT2D eigenvalue weighted by molar-refractivity contribution is 7.88. The van der Waals surface area contributed by atoms with E-state index in [4.69, 9.17) is 20.4 Å². The van der Waals surface area contributed by atoms with Crippen LogP contribution in [-0.4, -0.2) is 103 Å². The van der Waals surface area contributed by atoms with Gasteiger partial charge in [0.05, 0.1) is 24.7 Å². The molecule has 11 nitrogen and oxygen atoms in total. The van der Waals surface area contributed by atoms with Crippen LogP contribution in [-0.2, 0) is 14.8 Å². The molecule has 2 aromatic heterocycles. The van der Waals surface area contributed by atoms with Gasteiger partial charge < -0.3 is 15.4 Å². The number of fused-ring (bicyclic) bond motifs is 1. The molecule has 0 bridgehead atoms. The Morgan fingerprint density at radius 3 is 2.63 bits per heavy atom. The van der Waals surface area contributed by atoms with Crippen LogP contribution in [0.1, 0.15) is 12.6 Å². The third-order valence-electron chi connectivity index (χ3n) is 6.55. The average molecular weight is 499 g/mol. The molecule has 5 rings (SSSR count). The lowest BCUT2D eigenvalue weighted by Gasteiger charge is -2.48. The van der Waals surface area contributed by atoms with Crippen LogP contribution in [0.25, 0.3) is 16.7 Å². The number of sulfonamides is 1. The maximum absolute atomic E-state index is 11.7. The molecule has 2 fully saturated rings. The molecule has 0 radical (unpaired) electrons. The number of hydrogen-bond acceptors (Lipinski definition) is 10. The van der Waals surface area contributed by atoms with Gasteiger partial charge in [0.2, 0.25) is 10.0 Å². The second-order valence-electron chi connectivity index (χ2n) is 9.04. The first-order valence-corrected chi connectivity index (χ1v) is 13.5. The minimum atomic E-state index is -3.12. The third-order valence-corrected chi connectivity index (χ3v) is 7.85. The molecule has 3 aliphatic heterocycles. The first-order valence-electron chi connectivity index (χ1n) is 11.7. The van der Waals surface area contributed by atoms with Gasteiger partial charge in [-0.3, -0.25) is 4.90 Å². The standard InChI is InChI=1S/C23H30N8O3S/c1-16-3-4-17(7-8-25-23(24)34-16)19-5-6-20-22(27-19)28-21(13-26-20)30-14-18(15-30)29-9-11-31(12-10-29)35(2,32)33/h3-7,13,16,18H,8-12,14-15H2,1-2H3,(H2,24,25)/b4-3-,17-7+. The molecule has 186 valence electrons. The summed E-state index contributed by atoms with van der Waals surface area (Å²) in [6.45, 7) is 6.57. The Hall–Kier alpha value is -3.09. The van der Waals surface area contributed by atoms with E-state index >= 15 is 0 Å². The number of pyridine rings is 1. The van der Waals surface area contributed by atoms with Crippen molar-refractivity contribution in [2.45, 2.75) is 19.1 Å². The molecule has 0 amide bonds. The minimum Gasteiger partial charge on any atom is -0.458 e. The van der Waals surface area contributed by atoms with Gasteiger partial charge in [-0.25, -0.2) is 28.4 Å². The topological polar surface area (TPSA) is 130 Å². The second-order valence-corrected chi connectivity index (χ2v) is 11.0. The number of amidine groups is 1. The zero-order valence-electron chi connectivity index (χ0n) is 19.9. The zero-order valence-corrected chi connectivity index (χ0v) is 20.7. The maximum atomic E-state index is 11.7. The molecular formula is C23H30N8O3S. The Kier molecular flexibility index (Phi) is 6.43. The summed E-state index contributed by atoms with van der Waals surface area (Å²) in [5, 5.41) is 0. The number of piperazine rings is 1. The van der Waals surface area contributed by atoms with Gasteiger partial charge in [-0.1, -0.05) is 12.2 Å². The Labute approximate surface area is 205 Å². The van der Waals surface area contributed by atoms with E-state index in [-0.39, 0.29) is 12.1 Å². The first kappa shape index (κ1) is 23.6. The second kappa shape index (κ2) is 9.51. The number of aliphatic imine (C=N–C) groups is 1. The fourth-order valence-electron chi connectivity index (χ4n) is 4.47. The zero-order chi connectivity index (χ0) is 24.6. The van der Waals surface area contributed by atoms with Crippen LogP contribution in [0, 0.1) is 0 Å². The molecule has 2 aromatic rings. The molecule has 0 aliphatic carbocycles. The van der Waals surface area contributed by atoms with Crippen molar-refractivity contribution < 1.29 is 13.2 Å². The fourth-order valence-corrected chi connectivity index (χ4v) is 5.30. The van der Waals surface area contributed by atoms with Crippen molar-refractivity contribution in [3.63, 3.8) is 0 Å². The van der Waals surface area contributed by atoms with E-state index in [1.807, 2.05) is 37.3 Å². The van der Waals surface area contributed by atoms with Crippen LogP contribution in [0.2, 0.25) is 0 Å². The number of nitrogens with zero attached hydrogens (tertiary/aromatic N) is 7. The molecule has 0 saturated carbocycles. The number of hydrogen-bond donors (Lipinski definition) is 1. The van der Waals surface area contributed by atoms with Crippen molar-refractivity contribution in [3.05, 3.63) is 42.3 Å². The van der Waals surface area contributed by atoms with Gasteiger partial charge in [0.1, 0.15) is 17.4 Å². The number of nitrogens with two attached hydrogens (primary N) is 1. The van der Waals surface area contributed by atoms with Crippen molar-refractivity contribution >= 4 is 38.6 Å². The van der Waals surface area contributed by atoms with Gasteiger partial charge in [0, 0.05) is 45.3 Å². The lowest BCUT2D eigenvalue weighted by atomic mass is 10.1. The summed E-state index contributed by atoms with van der Waals surface area (Å²) in [5.41, 5.74) is 8.79. The van der Waals surface area contributed by atoms with Crippen LogP contribution >= 0.6 is 0 Å². The van der Waals surface area contributed by atoms with E-state index in [0.29, 0.717) is 31.3 Å². The smallest absolute Gasteiger partial charge is 0.282 e. The molecule has 35 heavy (non-hydrogen) atoms. The molecule has 2 N–H and O–H groups in total. The van der Waals surface area contributed by atoms with E-state index in [1.54, 1.807) is 10.5 Å². The molecule has 0 spiro atoms. The monoisotopic (exact) mass is 498 g/mol. The predicted octanol–water partition coefficient (Wildman–Crippen LogP) is 0.464. The van der Waals surface area contributed by atoms with Crippen LogP contribution in [0.5, 0.6) is 0 Å². The number of allylic oxidation sites excluding steroid dienone is 2. The van der Waals surface area contributed by atoms with E-state index in [1.165, 1.54) is 6.26 Å². The Bertz CT molecular complexity index is 1300. The number of rotatable bonds is 4. The van der Waals surface area contributed by atoms with E-state index in [9.17, 15) is 8.42 Å². The third kappa shape index (κ3) is 5.29. The molecular weight excluding hydrogens is 468 g/mol. The number of anilines is 1. The van der Waals surface area contributed by atoms with Crippen LogP contribution in [0.15, 0.2) is 41.6 Å². The van der Waals surface area contributed by atoms with E-state index < -0.39 is 10.0 Å². The Morgan fingerprint density at radius 2 is 1.89 bits per heavy atom. The molecule has 1 unspecified atom stereocenters. The van der Waals surface area contributed by atoms with Gasteiger partial charge in [0.15, 0.2) is 5.65 Å². The molecule has 5 heterocycles. The normalized spacial score (nSPS) is 26.9. The minimum absolute atomic E-state index is 0.173. The lowest BCUT2D eigenvalue weighted by Crippen LogP contribution is -2.63. The Balaban J connectivity index is 1.28. The van der Waals surface area contributed by atoms with Crippen LogP contribution < -0.4 is 10.6 Å². The summed E-state index contributed by atoms with van der Waals surface area (Å²) in [4.78, 5) is 22.9. The highest BCUT2D eigenvalue weighted by Crippen LogP contribution is 2.25. The lowest BCUT2D eigenvalue weighted by molar-refractivity contribution is 0.117. The van der Waals surface area contributed by atoms with Gasteiger partial charge in [0.25, 0.3) is 6.02 Å². The molecule has 2 saturated heterocycles. The van der Waals surface area contributed by atoms with Crippen LogP contribution in [0.4, 0.5) is 5.82 Å². The van der Waals surface area contributed by atoms with Gasteiger partial charge in [-0.2, -0.15) is 4.31 Å². The molecule has 12 heteroatoms. The quantitative estimate of drug-likeness (QED) is 0.639. The van der Waals surface area contributed by atoms with E-state index in [0.717, 1.165) is 48.8 Å². The van der Waals surface area contributed by atoms with Gasteiger partial charge >= 0.3 is 0 Å². The fraction of sp³-hybridized carbons (Fsp3) is 0.478. The highest BCUT2D eigenvalue weighted by Gasteiger charge is 2.35. The summed E-state index contributed by atoms with van der Waals surface area (Å²) >= 11 is 0. The molecule has 3 aliphatic rings. The number of ether oxygens (including phenoxy) is 1. The summed E-state index contributed by atoms with van der Waals surface area (Å²) < 4.78 is 30.5. The summed E-state index contributed by atoms with van der Waals surface area (Å²) in [6.07, 6.45) is 8.71. The summed E-state index contributed by atoms with van der Waals surface area (Å²) in [7, 11) is -3.12. The SMILES string of the molecule is CC1/C=C\C(c2ccc3ncc(N4CC(N5CCN(S(C)(=O)=O)CC5)C4)nc3n2)=C/C/N=C(/N)O1.